The highest BCUT2D eigenvalue weighted by Gasteiger charge is 2.27. The summed E-state index contributed by atoms with van der Waals surface area (Å²) in [5.74, 6) is 1.95. The van der Waals surface area contributed by atoms with Gasteiger partial charge in [-0.2, -0.15) is 0 Å². The van der Waals surface area contributed by atoms with Crippen molar-refractivity contribution in [1.82, 2.24) is 0 Å². The maximum Gasteiger partial charge on any atom is 0.316 e. The van der Waals surface area contributed by atoms with E-state index in [0.29, 0.717) is 12.8 Å². The molecule has 0 fully saturated rings. The fourth-order valence-corrected chi connectivity index (χ4v) is 2.73. The van der Waals surface area contributed by atoms with Crippen LogP contribution in [0.4, 0.5) is 0 Å². The molecule has 0 saturated carbocycles. The van der Waals surface area contributed by atoms with E-state index in [4.69, 9.17) is 11.2 Å². The molecule has 0 saturated heterocycles. The predicted octanol–water partition coefficient (Wildman–Crippen LogP) is 5.09. The van der Waals surface area contributed by atoms with Gasteiger partial charge in [0.2, 0.25) is 0 Å². The number of allylic oxidation sites excluding steroid dienone is 2. The molecule has 0 radical (unpaired) electrons. The SMILES string of the molecule is C#CCCCCCCC(C(=O)C[C@H](C)CCC=C(C)C)C(=O)OC. The number of rotatable bonds is 13. The predicted molar refractivity (Wildman–Crippen MR) is 99.5 cm³/mol. The topological polar surface area (TPSA) is 43.4 Å². The minimum absolute atomic E-state index is 0.0233. The Kier molecular flexibility index (Phi) is 12.9. The molecule has 0 aliphatic carbocycles. The Balaban J connectivity index is 4.32. The molecule has 0 aliphatic heterocycles. The van der Waals surface area contributed by atoms with Crippen LogP contribution in [0.5, 0.6) is 0 Å². The maximum atomic E-state index is 12.5. The Labute approximate surface area is 148 Å². The van der Waals surface area contributed by atoms with Crippen LogP contribution >= 0.6 is 0 Å². The Morgan fingerprint density at radius 1 is 1.12 bits per heavy atom. The monoisotopic (exact) mass is 334 g/mol. The number of carbonyl (C=O) groups excluding carboxylic acids is 2. The van der Waals surface area contributed by atoms with Gasteiger partial charge in [-0.1, -0.05) is 37.8 Å². The van der Waals surface area contributed by atoms with Crippen LogP contribution < -0.4 is 0 Å². The van der Waals surface area contributed by atoms with Crippen molar-refractivity contribution in [3.8, 4) is 12.3 Å². The lowest BCUT2D eigenvalue weighted by atomic mass is 9.89. The summed E-state index contributed by atoms with van der Waals surface area (Å²) in [5.41, 5.74) is 1.30. The Bertz CT molecular complexity index is 438. The Morgan fingerprint density at radius 3 is 2.38 bits per heavy atom. The molecule has 0 N–H and O–H groups in total. The third-order valence-electron chi connectivity index (χ3n) is 4.20. The molecule has 3 nitrogen and oxygen atoms in total. The van der Waals surface area contributed by atoms with Crippen molar-refractivity contribution < 1.29 is 14.3 Å². The molecule has 1 unspecified atom stereocenters. The molecular formula is C21H34O3. The summed E-state index contributed by atoms with van der Waals surface area (Å²) in [7, 11) is 1.35. The Morgan fingerprint density at radius 2 is 1.79 bits per heavy atom. The number of ether oxygens (including phenoxy) is 1. The molecule has 136 valence electrons. The lowest BCUT2D eigenvalue weighted by Crippen LogP contribution is -2.26. The third-order valence-corrected chi connectivity index (χ3v) is 4.20. The quantitative estimate of drug-likeness (QED) is 0.155. The number of carbonyl (C=O) groups is 2. The van der Waals surface area contributed by atoms with E-state index >= 15 is 0 Å². The maximum absolute atomic E-state index is 12.5. The van der Waals surface area contributed by atoms with Gasteiger partial charge < -0.3 is 4.74 Å². The van der Waals surface area contributed by atoms with Crippen LogP contribution in [0.15, 0.2) is 11.6 Å². The summed E-state index contributed by atoms with van der Waals surface area (Å²) in [6.45, 7) is 6.23. The summed E-state index contributed by atoms with van der Waals surface area (Å²) >= 11 is 0. The van der Waals surface area contributed by atoms with Crippen LogP contribution in [0, 0.1) is 24.2 Å². The molecule has 0 aliphatic rings. The first-order valence-corrected chi connectivity index (χ1v) is 9.09. The molecular weight excluding hydrogens is 300 g/mol. The fraction of sp³-hybridized carbons (Fsp3) is 0.714. The first-order valence-electron chi connectivity index (χ1n) is 9.09. The summed E-state index contributed by atoms with van der Waals surface area (Å²) in [6.07, 6.45) is 15.1. The number of esters is 1. The highest BCUT2D eigenvalue weighted by Crippen LogP contribution is 2.20. The van der Waals surface area contributed by atoms with Gasteiger partial charge in [-0.05, 0) is 45.4 Å². The molecule has 24 heavy (non-hydrogen) atoms. The van der Waals surface area contributed by atoms with E-state index in [1.54, 1.807) is 0 Å². The zero-order chi connectivity index (χ0) is 18.4. The van der Waals surface area contributed by atoms with Crippen molar-refractivity contribution in [2.45, 2.75) is 78.6 Å². The number of methoxy groups -OCH3 is 1. The molecule has 0 amide bonds. The van der Waals surface area contributed by atoms with Crippen LogP contribution in [-0.2, 0) is 14.3 Å². The standard InChI is InChI=1S/C21H34O3/c1-6-7-8-9-10-11-15-19(21(23)24-5)20(22)16-18(4)14-12-13-17(2)3/h1,13,18-19H,7-12,14-16H2,2-5H3/t18-,19?/m1/s1. The first kappa shape index (κ1) is 22.4. The second-order valence-corrected chi connectivity index (χ2v) is 6.87. The molecule has 0 bridgehead atoms. The number of ketones is 1. The van der Waals surface area contributed by atoms with Crippen LogP contribution in [0.1, 0.15) is 78.6 Å². The van der Waals surface area contributed by atoms with E-state index in [1.807, 2.05) is 0 Å². The van der Waals surface area contributed by atoms with Crippen LogP contribution in [0.25, 0.3) is 0 Å². The van der Waals surface area contributed by atoms with Gasteiger partial charge in [-0.15, -0.1) is 12.3 Å². The number of hydrogen-bond acceptors (Lipinski definition) is 3. The summed E-state index contributed by atoms with van der Waals surface area (Å²) in [4.78, 5) is 24.4. The molecule has 0 aromatic rings. The molecule has 0 heterocycles. The second kappa shape index (κ2) is 13.8. The van der Waals surface area contributed by atoms with Gasteiger partial charge in [-0.3, -0.25) is 9.59 Å². The van der Waals surface area contributed by atoms with Crippen molar-refractivity contribution >= 4 is 11.8 Å². The van der Waals surface area contributed by atoms with Crippen molar-refractivity contribution in [2.24, 2.45) is 11.8 Å². The molecule has 0 spiro atoms. The fourth-order valence-electron chi connectivity index (χ4n) is 2.73. The van der Waals surface area contributed by atoms with Gasteiger partial charge in [0.05, 0.1) is 7.11 Å². The number of terminal acetylenes is 1. The minimum Gasteiger partial charge on any atom is -0.468 e. The average Bonchev–Trinajstić information content (AvgIpc) is 2.53. The van der Waals surface area contributed by atoms with Crippen molar-refractivity contribution in [3.05, 3.63) is 11.6 Å². The highest BCUT2D eigenvalue weighted by atomic mass is 16.5. The number of hydrogen-bond donors (Lipinski definition) is 0. The van der Waals surface area contributed by atoms with Gasteiger partial charge in [0.1, 0.15) is 11.7 Å². The summed E-state index contributed by atoms with van der Waals surface area (Å²) in [5, 5.41) is 0. The van der Waals surface area contributed by atoms with E-state index in [2.05, 4.69) is 32.8 Å². The van der Waals surface area contributed by atoms with Crippen LogP contribution in [0.2, 0.25) is 0 Å². The van der Waals surface area contributed by atoms with E-state index in [1.165, 1.54) is 12.7 Å². The number of unbranched alkanes of at least 4 members (excludes halogenated alkanes) is 4. The molecule has 0 rings (SSSR count). The van der Waals surface area contributed by atoms with E-state index in [9.17, 15) is 9.59 Å². The van der Waals surface area contributed by atoms with E-state index in [0.717, 1.165) is 44.9 Å². The van der Waals surface area contributed by atoms with Crippen LogP contribution in [-0.4, -0.2) is 18.9 Å². The third kappa shape index (κ3) is 11.0. The van der Waals surface area contributed by atoms with Gasteiger partial charge in [0, 0.05) is 12.8 Å². The zero-order valence-corrected chi connectivity index (χ0v) is 15.9. The van der Waals surface area contributed by atoms with E-state index < -0.39 is 5.92 Å². The van der Waals surface area contributed by atoms with Gasteiger partial charge in [-0.25, -0.2) is 0 Å². The van der Waals surface area contributed by atoms with Crippen molar-refractivity contribution in [3.63, 3.8) is 0 Å². The molecule has 0 aromatic heterocycles. The van der Waals surface area contributed by atoms with Crippen molar-refractivity contribution in [1.29, 1.82) is 0 Å². The molecule has 2 atom stereocenters. The minimum atomic E-state index is -0.603. The van der Waals surface area contributed by atoms with Gasteiger partial charge in [0.25, 0.3) is 0 Å². The normalized spacial score (nSPS) is 12.8. The average molecular weight is 335 g/mol. The molecule has 3 heteroatoms. The van der Waals surface area contributed by atoms with Crippen LogP contribution in [0.3, 0.4) is 0 Å². The van der Waals surface area contributed by atoms with Gasteiger partial charge >= 0.3 is 5.97 Å². The van der Waals surface area contributed by atoms with Crippen molar-refractivity contribution in [2.75, 3.05) is 7.11 Å². The largest absolute Gasteiger partial charge is 0.468 e. The molecule has 0 aromatic carbocycles. The van der Waals surface area contributed by atoms with Gasteiger partial charge in [0.15, 0.2) is 0 Å². The van der Waals surface area contributed by atoms with E-state index in [-0.39, 0.29) is 17.7 Å². The highest BCUT2D eigenvalue weighted by molar-refractivity contribution is 5.98. The Hall–Kier alpha value is -1.56. The summed E-state index contributed by atoms with van der Waals surface area (Å²) in [6, 6.07) is 0. The number of Topliss-reactive ketones (excluding diaryl/α,β-unsaturated/α-hetero) is 1. The lowest BCUT2D eigenvalue weighted by Gasteiger charge is -2.16. The first-order chi connectivity index (χ1) is 11.4. The summed E-state index contributed by atoms with van der Waals surface area (Å²) < 4.78 is 4.83. The second-order valence-electron chi connectivity index (χ2n) is 6.87. The zero-order valence-electron chi connectivity index (χ0n) is 15.9. The smallest absolute Gasteiger partial charge is 0.316 e. The lowest BCUT2D eigenvalue weighted by molar-refractivity contribution is -0.150.